The van der Waals surface area contributed by atoms with Crippen LogP contribution in [-0.4, -0.2) is 55.3 Å². The van der Waals surface area contributed by atoms with Gasteiger partial charge in [0.25, 0.3) is 0 Å². The minimum absolute atomic E-state index is 0.0522. The third kappa shape index (κ3) is 6.58. The monoisotopic (exact) mass is 422 g/mol. The Hall–Kier alpha value is -2.89. The van der Waals surface area contributed by atoms with Crippen LogP contribution in [0, 0.1) is 17.1 Å². The Morgan fingerprint density at radius 2 is 2.03 bits per heavy atom. The highest BCUT2D eigenvalue weighted by atomic mass is 19.1. The fraction of sp³-hybridized carbons (Fsp3) is 0.571. The van der Waals surface area contributed by atoms with Gasteiger partial charge in [0, 0.05) is 19.5 Å². The standard InChI is InChI=1S/C21H28F2N4O3/c1-21(2,23)13-18(19(28)25-9-8-24)26-20(29)27-10-6-14(7-11-27)16-12-15(30-3)4-5-17(16)22/h4-5,12,14,18H,6-7,9-11,13H2,1-3H3,(H,25,28)(H,26,29). The Bertz CT molecular complexity index is 796. The number of carbonyl (C=O) groups excluding carboxylic acids is 2. The number of methoxy groups -OCH3 is 1. The maximum absolute atomic E-state index is 14.2. The van der Waals surface area contributed by atoms with Crippen LogP contribution in [0.2, 0.25) is 0 Å². The first kappa shape index (κ1) is 23.4. The summed E-state index contributed by atoms with van der Waals surface area (Å²) in [5.41, 5.74) is -1.12. The molecule has 7 nitrogen and oxygen atoms in total. The highest BCUT2D eigenvalue weighted by molar-refractivity contribution is 5.87. The van der Waals surface area contributed by atoms with Crippen molar-refractivity contribution in [3.63, 3.8) is 0 Å². The van der Waals surface area contributed by atoms with E-state index in [9.17, 15) is 18.4 Å². The van der Waals surface area contributed by atoms with Crippen molar-refractivity contribution in [2.75, 3.05) is 26.7 Å². The molecular weight excluding hydrogens is 394 g/mol. The van der Waals surface area contributed by atoms with Crippen LogP contribution in [0.15, 0.2) is 18.2 Å². The topological polar surface area (TPSA) is 94.5 Å². The van der Waals surface area contributed by atoms with E-state index >= 15 is 0 Å². The van der Waals surface area contributed by atoms with Gasteiger partial charge in [-0.05, 0) is 56.4 Å². The summed E-state index contributed by atoms with van der Waals surface area (Å²) in [5, 5.41) is 13.5. The molecule has 0 aromatic heterocycles. The second kappa shape index (κ2) is 10.2. The van der Waals surface area contributed by atoms with Crippen LogP contribution in [0.3, 0.4) is 0 Å². The molecule has 1 fully saturated rings. The van der Waals surface area contributed by atoms with Crippen LogP contribution in [-0.2, 0) is 4.79 Å². The molecule has 164 valence electrons. The molecule has 1 saturated heterocycles. The summed E-state index contributed by atoms with van der Waals surface area (Å²) >= 11 is 0. The van der Waals surface area contributed by atoms with E-state index in [1.54, 1.807) is 18.2 Å². The molecule has 0 saturated carbocycles. The molecule has 30 heavy (non-hydrogen) atoms. The van der Waals surface area contributed by atoms with Crippen LogP contribution in [0.1, 0.15) is 44.6 Å². The molecule has 1 atom stereocenters. The molecule has 1 aromatic carbocycles. The molecule has 1 heterocycles. The molecule has 0 bridgehead atoms. The normalized spacial score (nSPS) is 15.8. The molecular formula is C21H28F2N4O3. The molecule has 0 aliphatic carbocycles. The summed E-state index contributed by atoms with van der Waals surface area (Å²) in [6.45, 7) is 3.16. The smallest absolute Gasteiger partial charge is 0.318 e. The summed E-state index contributed by atoms with van der Waals surface area (Å²) < 4.78 is 33.5. The molecule has 1 aliphatic heterocycles. The lowest BCUT2D eigenvalue weighted by atomic mass is 9.89. The number of halogens is 2. The number of rotatable bonds is 7. The summed E-state index contributed by atoms with van der Waals surface area (Å²) in [6, 6.07) is 4.80. The first-order valence-electron chi connectivity index (χ1n) is 9.87. The lowest BCUT2D eigenvalue weighted by Crippen LogP contribution is -2.54. The Balaban J connectivity index is 1.99. The number of ether oxygens (including phenoxy) is 1. The van der Waals surface area contributed by atoms with Crippen molar-refractivity contribution in [2.24, 2.45) is 0 Å². The van der Waals surface area contributed by atoms with E-state index in [4.69, 9.17) is 10.00 Å². The number of piperidine rings is 1. The average molecular weight is 422 g/mol. The molecule has 1 unspecified atom stereocenters. The number of carbonyl (C=O) groups is 2. The second-order valence-corrected chi connectivity index (χ2v) is 7.95. The minimum Gasteiger partial charge on any atom is -0.497 e. The van der Waals surface area contributed by atoms with E-state index in [1.165, 1.54) is 31.9 Å². The zero-order valence-corrected chi connectivity index (χ0v) is 17.5. The van der Waals surface area contributed by atoms with Gasteiger partial charge in [0.05, 0.1) is 13.2 Å². The van der Waals surface area contributed by atoms with E-state index in [0.717, 1.165) is 0 Å². The Kier molecular flexibility index (Phi) is 7.98. The summed E-state index contributed by atoms with van der Waals surface area (Å²) in [6.07, 6.45) is 0.885. The van der Waals surface area contributed by atoms with E-state index in [0.29, 0.717) is 37.2 Å². The summed E-state index contributed by atoms with van der Waals surface area (Å²) in [7, 11) is 1.52. The fourth-order valence-electron chi connectivity index (χ4n) is 3.54. The van der Waals surface area contributed by atoms with Crippen molar-refractivity contribution in [1.29, 1.82) is 5.26 Å². The molecule has 2 rings (SSSR count). The Labute approximate surface area is 175 Å². The van der Waals surface area contributed by atoms with Crippen LogP contribution in [0.5, 0.6) is 5.75 Å². The average Bonchev–Trinajstić information content (AvgIpc) is 2.71. The van der Waals surface area contributed by atoms with Crippen molar-refractivity contribution in [2.45, 2.75) is 50.7 Å². The van der Waals surface area contributed by atoms with E-state index in [-0.39, 0.29) is 24.7 Å². The van der Waals surface area contributed by atoms with Crippen LogP contribution < -0.4 is 15.4 Å². The molecule has 1 aliphatic rings. The first-order chi connectivity index (χ1) is 14.1. The van der Waals surface area contributed by atoms with Gasteiger partial charge in [-0.15, -0.1) is 0 Å². The molecule has 0 radical (unpaired) electrons. The maximum atomic E-state index is 14.2. The zero-order valence-electron chi connectivity index (χ0n) is 17.5. The first-order valence-corrected chi connectivity index (χ1v) is 9.87. The van der Waals surface area contributed by atoms with Gasteiger partial charge < -0.3 is 20.3 Å². The number of alkyl halides is 1. The quantitative estimate of drug-likeness (QED) is 0.661. The maximum Gasteiger partial charge on any atom is 0.318 e. The van der Waals surface area contributed by atoms with E-state index in [1.807, 2.05) is 0 Å². The van der Waals surface area contributed by atoms with Gasteiger partial charge in [0.1, 0.15) is 29.8 Å². The number of nitriles is 1. The lowest BCUT2D eigenvalue weighted by molar-refractivity contribution is -0.123. The van der Waals surface area contributed by atoms with Crippen LogP contribution in [0.4, 0.5) is 13.6 Å². The van der Waals surface area contributed by atoms with Crippen LogP contribution in [0.25, 0.3) is 0 Å². The van der Waals surface area contributed by atoms with Crippen molar-refractivity contribution in [3.05, 3.63) is 29.6 Å². The summed E-state index contributed by atoms with van der Waals surface area (Å²) in [5.74, 6) is -0.391. The van der Waals surface area contributed by atoms with Gasteiger partial charge in [-0.1, -0.05) is 0 Å². The number of nitrogens with one attached hydrogen (secondary N) is 2. The third-order valence-corrected chi connectivity index (χ3v) is 5.07. The molecule has 0 spiro atoms. The molecule has 9 heteroatoms. The van der Waals surface area contributed by atoms with E-state index in [2.05, 4.69) is 10.6 Å². The number of hydrogen-bond acceptors (Lipinski definition) is 4. The van der Waals surface area contributed by atoms with Crippen LogP contribution >= 0.6 is 0 Å². The number of hydrogen-bond donors (Lipinski definition) is 2. The predicted molar refractivity (Wildman–Crippen MR) is 107 cm³/mol. The van der Waals surface area contributed by atoms with Gasteiger partial charge in [-0.3, -0.25) is 4.79 Å². The fourth-order valence-corrected chi connectivity index (χ4v) is 3.54. The third-order valence-electron chi connectivity index (χ3n) is 5.07. The van der Waals surface area contributed by atoms with Crippen molar-refractivity contribution >= 4 is 11.9 Å². The summed E-state index contributed by atoms with van der Waals surface area (Å²) in [4.78, 5) is 26.4. The molecule has 3 amide bonds. The highest BCUT2D eigenvalue weighted by Gasteiger charge is 2.32. The zero-order chi connectivity index (χ0) is 22.3. The lowest BCUT2D eigenvalue weighted by Gasteiger charge is -2.34. The van der Waals surface area contributed by atoms with E-state index < -0.39 is 23.6 Å². The largest absolute Gasteiger partial charge is 0.497 e. The Morgan fingerprint density at radius 1 is 1.37 bits per heavy atom. The molecule has 1 aromatic rings. The highest BCUT2D eigenvalue weighted by Crippen LogP contribution is 2.32. The van der Waals surface area contributed by atoms with Gasteiger partial charge in [0.15, 0.2) is 0 Å². The van der Waals surface area contributed by atoms with Gasteiger partial charge >= 0.3 is 6.03 Å². The molecule has 2 N–H and O–H groups in total. The predicted octanol–water partition coefficient (Wildman–Crippen LogP) is 2.87. The SMILES string of the molecule is COc1ccc(F)c(C2CCN(C(=O)NC(CC(C)(C)F)C(=O)NCC#N)CC2)c1. The second-order valence-electron chi connectivity index (χ2n) is 7.95. The number of likely N-dealkylation sites (tertiary alicyclic amines) is 1. The van der Waals surface area contributed by atoms with Crippen molar-refractivity contribution < 1.29 is 23.1 Å². The van der Waals surface area contributed by atoms with Crippen molar-refractivity contribution in [3.8, 4) is 11.8 Å². The van der Waals surface area contributed by atoms with Crippen molar-refractivity contribution in [1.82, 2.24) is 15.5 Å². The number of amides is 3. The van der Waals surface area contributed by atoms with Gasteiger partial charge in [-0.25, -0.2) is 13.6 Å². The Morgan fingerprint density at radius 3 is 2.60 bits per heavy atom. The van der Waals surface area contributed by atoms with Gasteiger partial charge in [0.2, 0.25) is 5.91 Å². The number of nitrogens with zero attached hydrogens (tertiary/aromatic N) is 2. The number of urea groups is 1. The number of benzene rings is 1. The minimum atomic E-state index is -1.68. The van der Waals surface area contributed by atoms with Gasteiger partial charge in [-0.2, -0.15) is 5.26 Å².